The van der Waals surface area contributed by atoms with Crippen molar-refractivity contribution in [2.45, 2.75) is 26.3 Å². The minimum absolute atomic E-state index is 0.359. The van der Waals surface area contributed by atoms with Crippen molar-refractivity contribution in [3.8, 4) is 0 Å². The summed E-state index contributed by atoms with van der Waals surface area (Å²) in [6.45, 7) is 4.84. The second-order valence-electron chi connectivity index (χ2n) is 5.04. The molecule has 2 heterocycles. The summed E-state index contributed by atoms with van der Waals surface area (Å²) in [4.78, 5) is 9.09. The number of nitrogens with zero attached hydrogens (tertiary/aromatic N) is 4. The van der Waals surface area contributed by atoms with Gasteiger partial charge in [-0.1, -0.05) is 26.0 Å². The molecule has 0 bridgehead atoms. The summed E-state index contributed by atoms with van der Waals surface area (Å²) < 4.78 is 6.44. The van der Waals surface area contributed by atoms with Crippen molar-refractivity contribution >= 4 is 27.7 Å². The predicted octanol–water partition coefficient (Wildman–Crippen LogP) is 3.16. The molecule has 0 saturated heterocycles. The Kier molecular flexibility index (Phi) is 3.40. The highest BCUT2D eigenvalue weighted by atomic mass is 32.1. The van der Waals surface area contributed by atoms with Crippen molar-refractivity contribution in [1.82, 2.24) is 18.9 Å². The number of rotatable bonds is 4. The molecule has 1 N–H and O–H groups in total. The molecule has 0 aliphatic rings. The summed E-state index contributed by atoms with van der Waals surface area (Å²) in [7, 11) is 2.03. The number of nitrogens with one attached hydrogen (secondary N) is 1. The van der Waals surface area contributed by atoms with Crippen LogP contribution in [0.3, 0.4) is 0 Å². The molecule has 2 aromatic heterocycles. The van der Waals surface area contributed by atoms with E-state index < -0.39 is 0 Å². The maximum atomic E-state index is 4.63. The van der Waals surface area contributed by atoms with E-state index in [2.05, 4.69) is 44.1 Å². The van der Waals surface area contributed by atoms with E-state index in [1.54, 1.807) is 0 Å². The quantitative estimate of drug-likeness (QED) is 0.801. The van der Waals surface area contributed by atoms with Gasteiger partial charge in [-0.25, -0.2) is 9.97 Å². The summed E-state index contributed by atoms with van der Waals surface area (Å²) in [5, 5.41) is 4.15. The Balaban J connectivity index is 1.77. The van der Waals surface area contributed by atoms with E-state index in [-0.39, 0.29) is 0 Å². The topological polar surface area (TPSA) is 55.6 Å². The molecule has 104 valence electrons. The summed E-state index contributed by atoms with van der Waals surface area (Å²) >= 11 is 1.40. The number of anilines is 1. The standard InChI is InChI=1S/C14H17N5S/c1-9(2)13-17-14(20-18-13)15-8-12-16-10-6-4-5-7-11(10)19(12)3/h4-7,9H,8H2,1-3H3,(H,15,17,18). The van der Waals surface area contributed by atoms with Gasteiger partial charge in [0, 0.05) is 24.5 Å². The molecule has 0 amide bonds. The molecule has 0 radical (unpaired) electrons. The van der Waals surface area contributed by atoms with Crippen molar-refractivity contribution in [3.63, 3.8) is 0 Å². The predicted molar refractivity (Wildman–Crippen MR) is 82.0 cm³/mol. The van der Waals surface area contributed by atoms with Crippen molar-refractivity contribution in [2.24, 2.45) is 7.05 Å². The van der Waals surface area contributed by atoms with Crippen molar-refractivity contribution < 1.29 is 0 Å². The Morgan fingerprint density at radius 1 is 1.25 bits per heavy atom. The first-order chi connectivity index (χ1) is 9.65. The van der Waals surface area contributed by atoms with Crippen LogP contribution in [-0.2, 0) is 13.6 Å². The molecule has 0 fully saturated rings. The molecule has 0 atom stereocenters. The Labute approximate surface area is 121 Å². The lowest BCUT2D eigenvalue weighted by Gasteiger charge is -2.03. The lowest BCUT2D eigenvalue weighted by atomic mass is 10.2. The number of para-hydroxylation sites is 2. The highest BCUT2D eigenvalue weighted by Gasteiger charge is 2.10. The number of aryl methyl sites for hydroxylation is 1. The smallest absolute Gasteiger partial charge is 0.202 e. The highest BCUT2D eigenvalue weighted by molar-refractivity contribution is 7.09. The van der Waals surface area contributed by atoms with Crippen LogP contribution in [0.25, 0.3) is 11.0 Å². The van der Waals surface area contributed by atoms with Crippen LogP contribution in [0.2, 0.25) is 0 Å². The van der Waals surface area contributed by atoms with E-state index >= 15 is 0 Å². The Bertz CT molecular complexity index is 728. The molecule has 6 heteroatoms. The molecular formula is C14H17N5S. The van der Waals surface area contributed by atoms with Gasteiger partial charge in [0.25, 0.3) is 0 Å². The van der Waals surface area contributed by atoms with Gasteiger partial charge in [0.2, 0.25) is 5.13 Å². The number of benzene rings is 1. The maximum Gasteiger partial charge on any atom is 0.202 e. The Morgan fingerprint density at radius 2 is 2.05 bits per heavy atom. The monoisotopic (exact) mass is 287 g/mol. The van der Waals surface area contributed by atoms with Crippen LogP contribution >= 0.6 is 11.5 Å². The first-order valence-electron chi connectivity index (χ1n) is 6.63. The average Bonchev–Trinajstić information content (AvgIpc) is 3.03. The molecule has 20 heavy (non-hydrogen) atoms. The van der Waals surface area contributed by atoms with E-state index in [4.69, 9.17) is 0 Å². The van der Waals surface area contributed by atoms with Gasteiger partial charge in [-0.2, -0.15) is 4.37 Å². The lowest BCUT2D eigenvalue weighted by Crippen LogP contribution is -2.05. The van der Waals surface area contributed by atoms with Gasteiger partial charge in [0.1, 0.15) is 11.6 Å². The molecule has 0 spiro atoms. The normalized spacial score (nSPS) is 11.4. The van der Waals surface area contributed by atoms with Crippen molar-refractivity contribution in [1.29, 1.82) is 0 Å². The number of hydrogen-bond acceptors (Lipinski definition) is 5. The van der Waals surface area contributed by atoms with Gasteiger partial charge in [-0.15, -0.1) is 0 Å². The molecule has 0 aliphatic carbocycles. The first kappa shape index (κ1) is 13.1. The fraction of sp³-hybridized carbons (Fsp3) is 0.357. The van der Waals surface area contributed by atoms with Crippen LogP contribution < -0.4 is 5.32 Å². The fourth-order valence-electron chi connectivity index (χ4n) is 2.05. The zero-order valence-corrected chi connectivity index (χ0v) is 12.6. The fourth-order valence-corrected chi connectivity index (χ4v) is 2.75. The number of fused-ring (bicyclic) bond motifs is 1. The van der Waals surface area contributed by atoms with E-state index in [1.165, 1.54) is 11.5 Å². The Hall–Kier alpha value is -1.95. The number of hydrogen-bond donors (Lipinski definition) is 1. The molecule has 0 aliphatic heterocycles. The number of aromatic nitrogens is 4. The van der Waals surface area contributed by atoms with Crippen LogP contribution in [0.4, 0.5) is 5.13 Å². The zero-order chi connectivity index (χ0) is 14.1. The molecule has 1 aromatic carbocycles. The molecule has 3 rings (SSSR count). The van der Waals surface area contributed by atoms with Gasteiger partial charge < -0.3 is 9.88 Å². The minimum Gasteiger partial charge on any atom is -0.353 e. The second-order valence-corrected chi connectivity index (χ2v) is 5.79. The molecule has 0 saturated carbocycles. The van der Waals surface area contributed by atoms with Crippen molar-refractivity contribution in [3.05, 3.63) is 35.9 Å². The van der Waals surface area contributed by atoms with Crippen LogP contribution in [0.5, 0.6) is 0 Å². The maximum absolute atomic E-state index is 4.63. The van der Waals surface area contributed by atoms with E-state index in [1.807, 2.05) is 25.2 Å². The third-order valence-electron chi connectivity index (χ3n) is 3.24. The third kappa shape index (κ3) is 2.38. The van der Waals surface area contributed by atoms with Gasteiger partial charge >= 0.3 is 0 Å². The molecule has 5 nitrogen and oxygen atoms in total. The summed E-state index contributed by atoms with van der Waals surface area (Å²) in [6, 6.07) is 8.14. The SMILES string of the molecule is CC(C)c1nsc(NCc2nc3ccccc3n2C)n1. The number of imidazole rings is 1. The summed E-state index contributed by atoms with van der Waals surface area (Å²) in [6.07, 6.45) is 0. The van der Waals surface area contributed by atoms with Gasteiger partial charge in [0.15, 0.2) is 0 Å². The van der Waals surface area contributed by atoms with Gasteiger partial charge in [-0.3, -0.25) is 0 Å². The lowest BCUT2D eigenvalue weighted by molar-refractivity contribution is 0.796. The van der Waals surface area contributed by atoms with Gasteiger partial charge in [-0.05, 0) is 12.1 Å². The third-order valence-corrected chi connectivity index (χ3v) is 3.92. The largest absolute Gasteiger partial charge is 0.353 e. The Morgan fingerprint density at radius 3 is 2.75 bits per heavy atom. The molecular weight excluding hydrogens is 270 g/mol. The van der Waals surface area contributed by atoms with Gasteiger partial charge in [0.05, 0.1) is 17.6 Å². The van der Waals surface area contributed by atoms with Crippen LogP contribution in [0, 0.1) is 0 Å². The van der Waals surface area contributed by atoms with Crippen LogP contribution in [-0.4, -0.2) is 18.9 Å². The minimum atomic E-state index is 0.359. The zero-order valence-electron chi connectivity index (χ0n) is 11.8. The van der Waals surface area contributed by atoms with Crippen LogP contribution in [0.15, 0.2) is 24.3 Å². The summed E-state index contributed by atoms with van der Waals surface area (Å²) in [5.41, 5.74) is 2.16. The highest BCUT2D eigenvalue weighted by Crippen LogP contribution is 2.19. The molecule has 3 aromatic rings. The van der Waals surface area contributed by atoms with E-state index in [0.717, 1.165) is 27.8 Å². The average molecular weight is 287 g/mol. The second kappa shape index (κ2) is 5.20. The van der Waals surface area contributed by atoms with Crippen molar-refractivity contribution in [2.75, 3.05) is 5.32 Å². The van der Waals surface area contributed by atoms with E-state index in [0.29, 0.717) is 12.5 Å². The van der Waals surface area contributed by atoms with Crippen LogP contribution in [0.1, 0.15) is 31.4 Å². The molecule has 0 unspecified atom stereocenters. The first-order valence-corrected chi connectivity index (χ1v) is 7.40. The summed E-state index contributed by atoms with van der Waals surface area (Å²) in [5.74, 6) is 2.24. The van der Waals surface area contributed by atoms with E-state index in [9.17, 15) is 0 Å².